The molecule has 10 nitrogen and oxygen atoms in total. The Balaban J connectivity index is 0.00000742. The monoisotopic (exact) mass is 584 g/mol. The highest BCUT2D eigenvalue weighted by molar-refractivity contribution is 6.33. The van der Waals surface area contributed by atoms with Crippen molar-refractivity contribution in [1.82, 2.24) is 15.5 Å². The van der Waals surface area contributed by atoms with Crippen molar-refractivity contribution < 1.29 is 28.7 Å². The van der Waals surface area contributed by atoms with Crippen LogP contribution in [0.25, 0.3) is 0 Å². The lowest BCUT2D eigenvalue weighted by Gasteiger charge is -2.35. The van der Waals surface area contributed by atoms with Gasteiger partial charge in [-0.3, -0.25) is 19.2 Å². The quantitative estimate of drug-likeness (QED) is 0.159. The molecule has 0 aliphatic heterocycles. The van der Waals surface area contributed by atoms with Crippen LogP contribution in [0.2, 0.25) is 5.02 Å². The first-order valence-corrected chi connectivity index (χ1v) is 14.3. The Bertz CT molecular complexity index is 951. The van der Waals surface area contributed by atoms with Crippen molar-refractivity contribution in [3.05, 3.63) is 28.8 Å². The van der Waals surface area contributed by atoms with E-state index in [9.17, 15) is 19.2 Å². The molecule has 0 saturated heterocycles. The van der Waals surface area contributed by atoms with E-state index in [0.29, 0.717) is 25.3 Å². The number of carbonyl (C=O) groups is 4. The van der Waals surface area contributed by atoms with E-state index >= 15 is 0 Å². The molecule has 0 aliphatic rings. The largest absolute Gasteiger partial charge is 0.469 e. The van der Waals surface area contributed by atoms with Crippen LogP contribution in [0.3, 0.4) is 0 Å². The number of methoxy groups -OCH3 is 1. The predicted octanol–water partition coefficient (Wildman–Crippen LogP) is 4.20. The maximum absolute atomic E-state index is 13.8. The molecule has 0 bridgehead atoms. The Hall–Kier alpha value is -2.85. The summed E-state index contributed by atoms with van der Waals surface area (Å²) >= 11 is 6.08. The fourth-order valence-corrected chi connectivity index (χ4v) is 3.86. The maximum atomic E-state index is 13.8. The highest BCUT2D eigenvalue weighted by atomic mass is 35.5. The van der Waals surface area contributed by atoms with Gasteiger partial charge in [-0.05, 0) is 37.0 Å². The molecule has 1 aromatic carbocycles. The van der Waals surface area contributed by atoms with Crippen LogP contribution in [0.1, 0.15) is 84.5 Å². The van der Waals surface area contributed by atoms with Gasteiger partial charge in [0.1, 0.15) is 6.04 Å². The number of esters is 1. The summed E-state index contributed by atoms with van der Waals surface area (Å²) in [6, 6.07) is 2.99. The summed E-state index contributed by atoms with van der Waals surface area (Å²) in [5, 5.41) is 5.84. The third-order valence-corrected chi connectivity index (χ3v) is 6.19. The summed E-state index contributed by atoms with van der Waals surface area (Å²) in [5.74, 6) is -1.78. The Morgan fingerprint density at radius 1 is 1.07 bits per heavy atom. The van der Waals surface area contributed by atoms with E-state index in [0.717, 1.165) is 12.8 Å². The van der Waals surface area contributed by atoms with Crippen LogP contribution in [-0.2, 0) is 23.9 Å². The van der Waals surface area contributed by atoms with Gasteiger partial charge in [0.25, 0.3) is 5.91 Å². The number of ether oxygens (including phenoxy) is 2. The van der Waals surface area contributed by atoms with Gasteiger partial charge in [0.15, 0.2) is 0 Å². The number of nitrogens with zero attached hydrogens (tertiary/aromatic N) is 1. The van der Waals surface area contributed by atoms with Crippen LogP contribution in [-0.4, -0.2) is 74.1 Å². The van der Waals surface area contributed by atoms with Gasteiger partial charge in [-0.25, -0.2) is 0 Å². The van der Waals surface area contributed by atoms with Gasteiger partial charge >= 0.3 is 5.97 Å². The zero-order valence-electron chi connectivity index (χ0n) is 25.4. The Morgan fingerprint density at radius 2 is 1.73 bits per heavy atom. The Morgan fingerprint density at radius 3 is 2.25 bits per heavy atom. The molecule has 4 N–H and O–H groups in total. The number of nitrogens with one attached hydrogen (secondary N) is 2. The summed E-state index contributed by atoms with van der Waals surface area (Å²) in [6.07, 6.45) is 2.44. The maximum Gasteiger partial charge on any atom is 0.307 e. The second-order valence-corrected chi connectivity index (χ2v) is 10.6. The lowest BCUT2D eigenvalue weighted by molar-refractivity contribution is -0.143. The van der Waals surface area contributed by atoms with Crippen LogP contribution >= 0.6 is 11.6 Å². The highest BCUT2D eigenvalue weighted by Gasteiger charge is 2.36. The van der Waals surface area contributed by atoms with E-state index < -0.39 is 35.3 Å². The number of carbonyl (C=O) groups excluding carboxylic acids is 4. The molecule has 3 amide bonds. The van der Waals surface area contributed by atoms with Crippen molar-refractivity contribution in [3.63, 3.8) is 0 Å². The Labute approximate surface area is 244 Å². The topological polar surface area (TPSA) is 140 Å². The lowest BCUT2D eigenvalue weighted by Crippen LogP contribution is -2.57. The van der Waals surface area contributed by atoms with E-state index in [2.05, 4.69) is 10.6 Å². The molecule has 0 aromatic heterocycles. The molecule has 40 heavy (non-hydrogen) atoms. The van der Waals surface area contributed by atoms with Crippen LogP contribution in [0.4, 0.5) is 5.69 Å². The van der Waals surface area contributed by atoms with Crippen molar-refractivity contribution in [1.29, 1.82) is 0 Å². The normalized spacial score (nSPS) is 12.3. The van der Waals surface area contributed by atoms with Crippen LogP contribution in [0.5, 0.6) is 0 Å². The van der Waals surface area contributed by atoms with Gasteiger partial charge in [0.05, 0.1) is 43.4 Å². The molecule has 1 aromatic rings. The number of nitrogens with two attached hydrogens (primary N) is 1. The first kappa shape index (κ1) is 37.1. The second kappa shape index (κ2) is 19.3. The van der Waals surface area contributed by atoms with Crippen molar-refractivity contribution in [2.24, 2.45) is 5.41 Å². The molecule has 0 radical (unpaired) electrons. The molecular formula is C29H49ClN4O6. The number of amides is 3. The summed E-state index contributed by atoms with van der Waals surface area (Å²) < 4.78 is 10.1. The lowest BCUT2D eigenvalue weighted by atomic mass is 9.85. The zero-order valence-corrected chi connectivity index (χ0v) is 26.2. The number of rotatable bonds is 15. The van der Waals surface area contributed by atoms with Gasteiger partial charge in [0.2, 0.25) is 11.8 Å². The molecule has 0 fully saturated rings. The van der Waals surface area contributed by atoms with Crippen molar-refractivity contribution in [3.8, 4) is 0 Å². The number of hydrogen-bond donors (Lipinski definition) is 3. The number of benzene rings is 1. The molecule has 0 unspecified atom stereocenters. The van der Waals surface area contributed by atoms with Crippen LogP contribution in [0, 0.1) is 5.41 Å². The minimum Gasteiger partial charge on any atom is -0.469 e. The summed E-state index contributed by atoms with van der Waals surface area (Å²) in [5.41, 5.74) is 5.70. The molecule has 0 spiro atoms. The first-order chi connectivity index (χ1) is 18.8. The van der Waals surface area contributed by atoms with Crippen LogP contribution in [0.15, 0.2) is 18.2 Å². The van der Waals surface area contributed by atoms with Gasteiger partial charge in [0, 0.05) is 18.7 Å². The van der Waals surface area contributed by atoms with Gasteiger partial charge in [-0.2, -0.15) is 0 Å². The first-order valence-electron chi connectivity index (χ1n) is 13.9. The van der Waals surface area contributed by atoms with Gasteiger partial charge < -0.3 is 30.7 Å². The number of nitrogen functional groups attached to an aromatic ring is 1. The number of hydrogen-bond acceptors (Lipinski definition) is 7. The predicted molar refractivity (Wildman–Crippen MR) is 159 cm³/mol. The van der Waals surface area contributed by atoms with E-state index in [1.807, 2.05) is 48.5 Å². The summed E-state index contributed by atoms with van der Waals surface area (Å²) in [7, 11) is 1.27. The van der Waals surface area contributed by atoms with Gasteiger partial charge in [-0.15, -0.1) is 0 Å². The smallest absolute Gasteiger partial charge is 0.307 e. The number of anilines is 1. The zero-order chi connectivity index (χ0) is 30.9. The summed E-state index contributed by atoms with van der Waals surface area (Å²) in [4.78, 5) is 53.0. The minimum absolute atomic E-state index is 0.0587. The molecule has 11 heteroatoms. The highest BCUT2D eigenvalue weighted by Crippen LogP contribution is 2.24. The van der Waals surface area contributed by atoms with Crippen LogP contribution < -0.4 is 16.4 Å². The van der Waals surface area contributed by atoms with E-state index in [-0.39, 0.29) is 36.1 Å². The molecule has 0 saturated carbocycles. The molecule has 228 valence electrons. The number of halogens is 1. The molecule has 2 atom stereocenters. The third-order valence-electron chi connectivity index (χ3n) is 5.86. The summed E-state index contributed by atoms with van der Waals surface area (Å²) in [6.45, 7) is 14.0. The second-order valence-electron chi connectivity index (χ2n) is 10.2. The molecular weight excluding hydrogens is 536 g/mol. The van der Waals surface area contributed by atoms with Gasteiger partial charge in [-0.1, -0.05) is 66.0 Å². The Kier molecular flexibility index (Phi) is 17.9. The van der Waals surface area contributed by atoms with E-state index in [1.54, 1.807) is 0 Å². The standard InChI is InChI=1S/C27H43ClN4O6.C2H6/c1-7-9-10-13-32(16-22(33)30-19(17-38-8-2)15-23(34)37-6)26(36)24(27(3,4)5)31-25(35)18-11-12-21(29)20(28)14-18;1-2/h11-12,14,19,24H,7-10,13,15-17,29H2,1-6H3,(H,30,33)(H,31,35);1-2H3/t19-,24+;/m0./s1. The third kappa shape index (κ3) is 13.5. The van der Waals surface area contributed by atoms with E-state index in [1.165, 1.54) is 30.2 Å². The molecule has 0 heterocycles. The van der Waals surface area contributed by atoms with Crippen molar-refractivity contribution in [2.45, 2.75) is 86.2 Å². The number of unbranched alkanes of at least 4 members (excludes halogenated alkanes) is 2. The SMILES string of the molecule is CC.CCCCCN(CC(=O)N[C@H](COCC)CC(=O)OC)C(=O)[C@@H](NC(=O)c1ccc(N)c(Cl)c1)C(C)(C)C. The van der Waals surface area contributed by atoms with E-state index in [4.69, 9.17) is 26.8 Å². The fraction of sp³-hybridized carbons (Fsp3) is 0.655. The minimum atomic E-state index is -0.921. The fourth-order valence-electron chi connectivity index (χ4n) is 3.68. The molecule has 1 rings (SSSR count). The average Bonchev–Trinajstić information content (AvgIpc) is 2.91. The average molecular weight is 585 g/mol. The van der Waals surface area contributed by atoms with Crippen molar-refractivity contribution >= 4 is 41.0 Å². The van der Waals surface area contributed by atoms with Crippen molar-refractivity contribution in [2.75, 3.05) is 39.1 Å². The molecule has 0 aliphatic carbocycles.